The van der Waals surface area contributed by atoms with Crippen LogP contribution in [0.3, 0.4) is 0 Å². The van der Waals surface area contributed by atoms with E-state index in [1.54, 1.807) is 7.11 Å². The molecule has 1 unspecified atom stereocenters. The number of nitrogens with one attached hydrogen (secondary N) is 1. The molecule has 1 heterocycles. The standard InChI is InChI=1S/C28H38N2O3/c1-20(2)27(31)29-24-10-6-8-22(18-24)21-14-16-30(17-15-21)28(32-3)23-9-7-13-26(19-23)33-25-11-4-5-12-25/h6-10,13,18-21,25,28H,4-5,11-12,14-17H2,1-3H3,(H,29,31). The van der Waals surface area contributed by atoms with Crippen LogP contribution in [0.25, 0.3) is 0 Å². The molecular weight excluding hydrogens is 412 g/mol. The molecule has 33 heavy (non-hydrogen) atoms. The number of amides is 1. The van der Waals surface area contributed by atoms with Gasteiger partial charge >= 0.3 is 0 Å². The number of methoxy groups -OCH3 is 1. The second kappa shape index (κ2) is 11.2. The molecule has 1 atom stereocenters. The van der Waals surface area contributed by atoms with Crippen LogP contribution in [-0.2, 0) is 9.53 Å². The Morgan fingerprint density at radius 1 is 1.00 bits per heavy atom. The first-order valence-electron chi connectivity index (χ1n) is 12.5. The van der Waals surface area contributed by atoms with Crippen molar-refractivity contribution < 1.29 is 14.3 Å². The molecule has 5 nitrogen and oxygen atoms in total. The van der Waals surface area contributed by atoms with Gasteiger partial charge in [0, 0.05) is 31.8 Å². The topological polar surface area (TPSA) is 50.8 Å². The summed E-state index contributed by atoms with van der Waals surface area (Å²) in [5, 5.41) is 3.03. The van der Waals surface area contributed by atoms with Crippen molar-refractivity contribution in [2.75, 3.05) is 25.5 Å². The molecule has 1 N–H and O–H groups in total. The van der Waals surface area contributed by atoms with Gasteiger partial charge in [0.25, 0.3) is 0 Å². The van der Waals surface area contributed by atoms with Gasteiger partial charge in [-0.3, -0.25) is 9.69 Å². The zero-order valence-corrected chi connectivity index (χ0v) is 20.3. The molecule has 5 heteroatoms. The number of carbonyl (C=O) groups excluding carboxylic acids is 1. The summed E-state index contributed by atoms with van der Waals surface area (Å²) in [6.45, 7) is 5.77. The quantitative estimate of drug-likeness (QED) is 0.526. The number of anilines is 1. The molecular formula is C28H38N2O3. The maximum atomic E-state index is 12.1. The Bertz CT molecular complexity index is 915. The Hall–Kier alpha value is -2.37. The van der Waals surface area contributed by atoms with Crippen LogP contribution in [0, 0.1) is 5.92 Å². The molecule has 2 aliphatic rings. The lowest BCUT2D eigenvalue weighted by atomic mass is 9.89. The second-order valence-corrected chi connectivity index (χ2v) is 9.76. The first kappa shape index (κ1) is 23.8. The van der Waals surface area contributed by atoms with Crippen LogP contribution in [0.1, 0.15) is 75.6 Å². The summed E-state index contributed by atoms with van der Waals surface area (Å²) in [6, 6.07) is 16.8. The maximum absolute atomic E-state index is 12.1. The van der Waals surface area contributed by atoms with Gasteiger partial charge in [0.2, 0.25) is 5.91 Å². The first-order chi connectivity index (χ1) is 16.0. The Labute approximate surface area is 198 Å². The third-order valence-electron chi connectivity index (χ3n) is 6.98. The fraction of sp³-hybridized carbons (Fsp3) is 0.536. The number of carbonyl (C=O) groups is 1. The van der Waals surface area contributed by atoms with Gasteiger partial charge in [0.1, 0.15) is 12.0 Å². The third kappa shape index (κ3) is 6.15. The summed E-state index contributed by atoms with van der Waals surface area (Å²) in [4.78, 5) is 14.5. The highest BCUT2D eigenvalue weighted by Gasteiger charge is 2.27. The number of likely N-dealkylation sites (tertiary alicyclic amines) is 1. The molecule has 1 saturated carbocycles. The van der Waals surface area contributed by atoms with Crippen LogP contribution in [-0.4, -0.2) is 37.1 Å². The van der Waals surface area contributed by atoms with Gasteiger partial charge < -0.3 is 14.8 Å². The van der Waals surface area contributed by atoms with E-state index in [-0.39, 0.29) is 18.1 Å². The lowest BCUT2D eigenvalue weighted by Crippen LogP contribution is -2.37. The van der Waals surface area contributed by atoms with Crippen LogP contribution >= 0.6 is 0 Å². The molecule has 0 spiro atoms. The van der Waals surface area contributed by atoms with E-state index in [4.69, 9.17) is 9.47 Å². The Balaban J connectivity index is 1.37. The van der Waals surface area contributed by atoms with Crippen LogP contribution < -0.4 is 10.1 Å². The van der Waals surface area contributed by atoms with Gasteiger partial charge in [-0.05, 0) is 79.8 Å². The Kier molecular flexibility index (Phi) is 8.05. The normalized spacial score (nSPS) is 19.0. The molecule has 2 aromatic carbocycles. The fourth-order valence-corrected chi connectivity index (χ4v) is 5.06. The number of benzene rings is 2. The third-order valence-corrected chi connectivity index (χ3v) is 6.98. The summed E-state index contributed by atoms with van der Waals surface area (Å²) >= 11 is 0. The zero-order valence-electron chi connectivity index (χ0n) is 20.3. The van der Waals surface area contributed by atoms with E-state index in [9.17, 15) is 4.79 Å². The smallest absolute Gasteiger partial charge is 0.226 e. The minimum atomic E-state index is -0.0604. The number of nitrogens with zero attached hydrogens (tertiary/aromatic N) is 1. The Morgan fingerprint density at radius 3 is 2.42 bits per heavy atom. The van der Waals surface area contributed by atoms with Gasteiger partial charge in [-0.15, -0.1) is 0 Å². The minimum Gasteiger partial charge on any atom is -0.490 e. The predicted molar refractivity (Wildman–Crippen MR) is 133 cm³/mol. The Morgan fingerprint density at radius 2 is 1.73 bits per heavy atom. The summed E-state index contributed by atoms with van der Waals surface area (Å²) in [5.74, 6) is 1.48. The van der Waals surface area contributed by atoms with Crippen LogP contribution in [0.15, 0.2) is 48.5 Å². The largest absolute Gasteiger partial charge is 0.490 e. The van der Waals surface area contributed by atoms with Crippen LogP contribution in [0.4, 0.5) is 5.69 Å². The zero-order chi connectivity index (χ0) is 23.2. The molecule has 1 amide bonds. The van der Waals surface area contributed by atoms with Crippen molar-refractivity contribution in [1.29, 1.82) is 0 Å². The first-order valence-corrected chi connectivity index (χ1v) is 12.5. The molecule has 1 aliphatic heterocycles. The molecule has 4 rings (SSSR count). The van der Waals surface area contributed by atoms with Gasteiger partial charge in [0.15, 0.2) is 0 Å². The molecule has 0 aromatic heterocycles. The number of hydrogen-bond acceptors (Lipinski definition) is 4. The minimum absolute atomic E-state index is 0.0232. The van der Waals surface area contributed by atoms with Crippen molar-refractivity contribution in [2.45, 2.75) is 70.6 Å². The fourth-order valence-electron chi connectivity index (χ4n) is 5.06. The van der Waals surface area contributed by atoms with Crippen molar-refractivity contribution in [3.63, 3.8) is 0 Å². The van der Waals surface area contributed by atoms with Crippen molar-refractivity contribution >= 4 is 11.6 Å². The van der Waals surface area contributed by atoms with E-state index in [1.165, 1.54) is 18.4 Å². The number of rotatable bonds is 8. The number of hydrogen-bond donors (Lipinski definition) is 1. The monoisotopic (exact) mass is 450 g/mol. The number of ether oxygens (including phenoxy) is 2. The van der Waals surface area contributed by atoms with Crippen LogP contribution in [0.5, 0.6) is 5.75 Å². The number of piperidine rings is 1. The lowest BCUT2D eigenvalue weighted by molar-refractivity contribution is -0.118. The van der Waals surface area contributed by atoms with Crippen molar-refractivity contribution in [2.24, 2.45) is 5.92 Å². The van der Waals surface area contributed by atoms with E-state index in [2.05, 4.69) is 46.6 Å². The van der Waals surface area contributed by atoms with Gasteiger partial charge in [-0.1, -0.05) is 38.1 Å². The van der Waals surface area contributed by atoms with E-state index in [1.807, 2.05) is 26.0 Å². The van der Waals surface area contributed by atoms with Crippen molar-refractivity contribution in [1.82, 2.24) is 4.90 Å². The van der Waals surface area contributed by atoms with Crippen molar-refractivity contribution in [3.05, 3.63) is 59.7 Å². The van der Waals surface area contributed by atoms with Gasteiger partial charge in [0.05, 0.1) is 6.10 Å². The summed E-state index contributed by atoms with van der Waals surface area (Å²) in [5.41, 5.74) is 3.35. The van der Waals surface area contributed by atoms with E-state index in [0.29, 0.717) is 12.0 Å². The van der Waals surface area contributed by atoms with Gasteiger partial charge in [-0.25, -0.2) is 0 Å². The van der Waals surface area contributed by atoms with E-state index < -0.39 is 0 Å². The highest BCUT2D eigenvalue weighted by atomic mass is 16.5. The second-order valence-electron chi connectivity index (χ2n) is 9.76. The average Bonchev–Trinajstić information content (AvgIpc) is 3.33. The highest BCUT2D eigenvalue weighted by molar-refractivity contribution is 5.92. The summed E-state index contributed by atoms with van der Waals surface area (Å²) in [7, 11) is 1.79. The van der Waals surface area contributed by atoms with Crippen LogP contribution in [0.2, 0.25) is 0 Å². The lowest BCUT2D eigenvalue weighted by Gasteiger charge is -2.37. The molecule has 1 aliphatic carbocycles. The summed E-state index contributed by atoms with van der Waals surface area (Å²) < 4.78 is 12.2. The molecule has 178 valence electrons. The van der Waals surface area contributed by atoms with E-state index >= 15 is 0 Å². The molecule has 0 bridgehead atoms. The molecule has 2 fully saturated rings. The maximum Gasteiger partial charge on any atom is 0.226 e. The molecule has 1 saturated heterocycles. The molecule has 2 aromatic rings. The average molecular weight is 451 g/mol. The highest BCUT2D eigenvalue weighted by Crippen LogP contribution is 2.35. The predicted octanol–water partition coefficient (Wildman–Crippen LogP) is 6.13. The van der Waals surface area contributed by atoms with Crippen molar-refractivity contribution in [3.8, 4) is 5.75 Å². The summed E-state index contributed by atoms with van der Waals surface area (Å²) in [6.07, 6.45) is 7.30. The van der Waals surface area contributed by atoms with Gasteiger partial charge in [-0.2, -0.15) is 0 Å². The van der Waals surface area contributed by atoms with E-state index in [0.717, 1.165) is 55.8 Å². The SMILES string of the molecule is COC(c1cccc(OC2CCCC2)c1)N1CCC(c2cccc(NC(=O)C(C)C)c2)CC1. The molecule has 0 radical (unpaired) electrons.